The van der Waals surface area contributed by atoms with Gasteiger partial charge < -0.3 is 0 Å². The van der Waals surface area contributed by atoms with Crippen LogP contribution < -0.4 is 11.3 Å². The molecule has 0 bridgehead atoms. The highest BCUT2D eigenvalue weighted by Gasteiger charge is 2.16. The van der Waals surface area contributed by atoms with E-state index in [2.05, 4.69) is 26.3 Å². The second-order valence-corrected chi connectivity index (χ2v) is 8.15. The number of nitrogens with one attached hydrogen (secondary N) is 1. The molecular weight excluding hydrogens is 354 g/mol. The second kappa shape index (κ2) is 6.83. The van der Waals surface area contributed by atoms with Crippen LogP contribution in [0.1, 0.15) is 24.6 Å². The van der Waals surface area contributed by atoms with E-state index in [4.69, 9.17) is 5.84 Å². The van der Waals surface area contributed by atoms with E-state index in [1.165, 1.54) is 6.26 Å². The van der Waals surface area contributed by atoms with E-state index in [9.17, 15) is 8.42 Å². The number of aromatic nitrogens is 1. The molecule has 21 heavy (non-hydrogen) atoms. The number of para-hydroxylation sites is 1. The molecule has 1 atom stereocenters. The summed E-state index contributed by atoms with van der Waals surface area (Å²) < 4.78 is 23.3. The highest BCUT2D eigenvalue weighted by Crippen LogP contribution is 2.28. The molecule has 3 N–H and O–H groups in total. The average Bonchev–Trinajstić information content (AvgIpc) is 2.42. The number of hydrogen-bond donors (Lipinski definition) is 2. The molecule has 1 aromatic carbocycles. The van der Waals surface area contributed by atoms with Gasteiger partial charge in [0.05, 0.1) is 17.3 Å². The molecule has 1 heterocycles. The van der Waals surface area contributed by atoms with Crippen molar-refractivity contribution in [2.45, 2.75) is 18.9 Å². The number of hydrogen-bond acceptors (Lipinski definition) is 5. The maximum Gasteiger partial charge on any atom is 0.147 e. The Morgan fingerprint density at radius 1 is 1.38 bits per heavy atom. The van der Waals surface area contributed by atoms with Crippen LogP contribution in [0.4, 0.5) is 0 Å². The van der Waals surface area contributed by atoms with Crippen molar-refractivity contribution in [1.29, 1.82) is 0 Å². The number of nitrogens with zero attached hydrogens (tertiary/aromatic N) is 1. The van der Waals surface area contributed by atoms with Crippen LogP contribution in [0.3, 0.4) is 0 Å². The summed E-state index contributed by atoms with van der Waals surface area (Å²) in [5.74, 6) is 5.76. The first kappa shape index (κ1) is 16.4. The summed E-state index contributed by atoms with van der Waals surface area (Å²) in [4.78, 5) is 4.62. The minimum absolute atomic E-state index is 0.149. The maximum absolute atomic E-state index is 11.2. The van der Waals surface area contributed by atoms with Gasteiger partial charge in [-0.25, -0.2) is 13.4 Å². The molecule has 0 radical (unpaired) electrons. The number of pyridine rings is 1. The molecule has 0 aliphatic carbocycles. The minimum atomic E-state index is -2.96. The Bertz CT molecular complexity index is 734. The summed E-state index contributed by atoms with van der Waals surface area (Å²) in [5, 5.41) is 1.04. The zero-order valence-corrected chi connectivity index (χ0v) is 14.1. The van der Waals surface area contributed by atoms with E-state index >= 15 is 0 Å². The summed E-state index contributed by atoms with van der Waals surface area (Å²) in [5.41, 5.74) is 4.41. The molecule has 0 aliphatic rings. The van der Waals surface area contributed by atoms with Gasteiger partial charge >= 0.3 is 0 Å². The number of hydrazine groups is 1. The van der Waals surface area contributed by atoms with E-state index in [1.807, 2.05) is 30.3 Å². The summed E-state index contributed by atoms with van der Waals surface area (Å²) >= 11 is 3.51. The number of fused-ring (bicyclic) bond motifs is 1. The zero-order chi connectivity index (χ0) is 15.5. The first-order valence-corrected chi connectivity index (χ1v) is 9.45. The van der Waals surface area contributed by atoms with Crippen LogP contribution in [0.2, 0.25) is 0 Å². The normalized spacial score (nSPS) is 13.5. The number of nitrogens with two attached hydrogens (primary N) is 1. The first-order chi connectivity index (χ1) is 9.90. The number of benzene rings is 1. The van der Waals surface area contributed by atoms with Crippen molar-refractivity contribution in [3.8, 4) is 0 Å². The molecule has 2 aromatic rings. The summed E-state index contributed by atoms with van der Waals surface area (Å²) in [6.45, 7) is 0. The number of rotatable bonds is 6. The Kier molecular flexibility index (Phi) is 5.32. The smallest absolute Gasteiger partial charge is 0.147 e. The van der Waals surface area contributed by atoms with Gasteiger partial charge in [-0.05, 0) is 40.9 Å². The lowest BCUT2D eigenvalue weighted by molar-refractivity contribution is 0.496. The molecule has 0 aliphatic heterocycles. The predicted octanol–water partition coefficient (Wildman–Crippen LogP) is 2.33. The van der Waals surface area contributed by atoms with Crippen LogP contribution in [0.5, 0.6) is 0 Å². The van der Waals surface area contributed by atoms with Crippen molar-refractivity contribution in [3.05, 3.63) is 40.5 Å². The van der Waals surface area contributed by atoms with Crippen molar-refractivity contribution in [2.75, 3.05) is 12.0 Å². The Morgan fingerprint density at radius 3 is 2.76 bits per heavy atom. The molecule has 0 amide bonds. The van der Waals surface area contributed by atoms with Gasteiger partial charge in [0, 0.05) is 21.9 Å². The lowest BCUT2D eigenvalue weighted by Crippen LogP contribution is -2.29. The monoisotopic (exact) mass is 371 g/mol. The molecule has 1 aromatic heterocycles. The molecule has 5 nitrogen and oxygen atoms in total. The van der Waals surface area contributed by atoms with Crippen LogP contribution in [0.15, 0.2) is 34.8 Å². The molecule has 0 spiro atoms. The van der Waals surface area contributed by atoms with Crippen LogP contribution in [-0.2, 0) is 9.84 Å². The van der Waals surface area contributed by atoms with Gasteiger partial charge in [0.25, 0.3) is 0 Å². The Hall–Kier alpha value is -1.02. The number of sulfone groups is 1. The minimum Gasteiger partial charge on any atom is -0.271 e. The third kappa shape index (κ3) is 4.47. The van der Waals surface area contributed by atoms with E-state index in [0.29, 0.717) is 12.8 Å². The van der Waals surface area contributed by atoms with Crippen molar-refractivity contribution >= 4 is 36.7 Å². The highest BCUT2D eigenvalue weighted by atomic mass is 79.9. The average molecular weight is 372 g/mol. The maximum atomic E-state index is 11.2. The fourth-order valence-electron chi connectivity index (χ4n) is 2.20. The van der Waals surface area contributed by atoms with Gasteiger partial charge in [-0.15, -0.1) is 0 Å². The van der Waals surface area contributed by atoms with Crippen molar-refractivity contribution in [1.82, 2.24) is 10.4 Å². The van der Waals surface area contributed by atoms with Crippen molar-refractivity contribution in [2.24, 2.45) is 5.84 Å². The third-order valence-electron chi connectivity index (χ3n) is 3.24. The van der Waals surface area contributed by atoms with Crippen molar-refractivity contribution in [3.63, 3.8) is 0 Å². The van der Waals surface area contributed by atoms with Crippen LogP contribution >= 0.6 is 15.9 Å². The summed E-state index contributed by atoms with van der Waals surface area (Å²) in [6.07, 6.45) is 2.38. The fraction of sp³-hybridized carbons (Fsp3) is 0.357. The quantitative estimate of drug-likeness (QED) is 0.601. The molecule has 0 saturated carbocycles. The van der Waals surface area contributed by atoms with Crippen LogP contribution in [0, 0.1) is 0 Å². The van der Waals surface area contributed by atoms with Gasteiger partial charge in [-0.3, -0.25) is 11.3 Å². The molecule has 1 unspecified atom stereocenters. The SMILES string of the molecule is CS(=O)(=O)CCCC(NN)c1nc2ccccc2cc1Br. The molecular formula is C14H18BrN3O2S. The molecule has 7 heteroatoms. The van der Waals surface area contributed by atoms with E-state index < -0.39 is 9.84 Å². The van der Waals surface area contributed by atoms with Crippen LogP contribution in [0.25, 0.3) is 10.9 Å². The molecule has 0 saturated heterocycles. The van der Waals surface area contributed by atoms with Gasteiger partial charge in [0.2, 0.25) is 0 Å². The largest absolute Gasteiger partial charge is 0.271 e. The van der Waals surface area contributed by atoms with E-state index in [-0.39, 0.29) is 11.8 Å². The second-order valence-electron chi connectivity index (χ2n) is 5.04. The fourth-order valence-corrected chi connectivity index (χ4v) is 3.50. The third-order valence-corrected chi connectivity index (χ3v) is 4.91. The van der Waals surface area contributed by atoms with Crippen molar-refractivity contribution < 1.29 is 8.42 Å². The van der Waals surface area contributed by atoms with Gasteiger partial charge in [-0.2, -0.15) is 0 Å². The van der Waals surface area contributed by atoms with Gasteiger partial charge in [0.15, 0.2) is 0 Å². The predicted molar refractivity (Wildman–Crippen MR) is 88.5 cm³/mol. The number of halogens is 1. The lowest BCUT2D eigenvalue weighted by atomic mass is 10.1. The summed E-state index contributed by atoms with van der Waals surface area (Å²) in [6, 6.07) is 9.63. The Labute approximate surface area is 133 Å². The lowest BCUT2D eigenvalue weighted by Gasteiger charge is -2.17. The van der Waals surface area contributed by atoms with Gasteiger partial charge in [-0.1, -0.05) is 18.2 Å². The molecule has 114 valence electrons. The highest BCUT2D eigenvalue weighted by molar-refractivity contribution is 9.10. The molecule has 2 rings (SSSR count). The zero-order valence-electron chi connectivity index (χ0n) is 11.7. The first-order valence-electron chi connectivity index (χ1n) is 6.60. The van der Waals surface area contributed by atoms with E-state index in [0.717, 1.165) is 21.1 Å². The Morgan fingerprint density at radius 2 is 2.10 bits per heavy atom. The molecule has 0 fully saturated rings. The van der Waals surface area contributed by atoms with E-state index in [1.54, 1.807) is 0 Å². The standard InChI is InChI=1S/C14H18BrN3O2S/c1-21(19,20)8-4-7-13(18-16)14-11(15)9-10-5-2-3-6-12(10)17-14/h2-3,5-6,9,13,18H,4,7-8,16H2,1H3. The summed E-state index contributed by atoms with van der Waals surface area (Å²) in [7, 11) is -2.96. The van der Waals surface area contributed by atoms with Crippen LogP contribution in [-0.4, -0.2) is 25.4 Å². The van der Waals surface area contributed by atoms with Gasteiger partial charge in [0.1, 0.15) is 9.84 Å². The Balaban J connectivity index is 2.23. The topological polar surface area (TPSA) is 85.1 Å².